The Morgan fingerprint density at radius 1 is 1.31 bits per heavy atom. The Hall–Kier alpha value is -1.55. The van der Waals surface area contributed by atoms with Gasteiger partial charge in [-0.15, -0.1) is 0 Å². The molecular weight excluding hydrogens is 204 g/mol. The van der Waals surface area contributed by atoms with E-state index in [4.69, 9.17) is 0 Å². The van der Waals surface area contributed by atoms with Crippen LogP contribution in [0.4, 0.5) is 10.5 Å². The van der Waals surface area contributed by atoms with Crippen LogP contribution in [0.15, 0.2) is 30.3 Å². The molecule has 0 spiro atoms. The minimum Gasteiger partial charge on any atom is -0.306 e. The third-order valence-corrected chi connectivity index (χ3v) is 2.52. The van der Waals surface area contributed by atoms with E-state index in [1.165, 1.54) is 0 Å². The number of nitrogens with one attached hydrogen (secondary N) is 1. The highest BCUT2D eigenvalue weighted by Gasteiger charge is 2.18. The molecule has 0 radical (unpaired) electrons. The van der Waals surface area contributed by atoms with E-state index in [1.54, 1.807) is 12.1 Å². The maximum atomic E-state index is 11.6. The minimum atomic E-state index is -0.486. The number of rotatable bonds is 4. The van der Waals surface area contributed by atoms with Crippen molar-refractivity contribution in [3.8, 4) is 0 Å². The van der Waals surface area contributed by atoms with Crippen LogP contribution < -0.4 is 5.32 Å². The largest absolute Gasteiger partial charge is 0.345 e. The predicted molar refractivity (Wildman–Crippen MR) is 63.5 cm³/mol. The van der Waals surface area contributed by atoms with Gasteiger partial charge in [0.1, 0.15) is 0 Å². The van der Waals surface area contributed by atoms with Gasteiger partial charge in [0.2, 0.25) is 0 Å². The third kappa shape index (κ3) is 3.24. The number of hydroxylamine groups is 2. The molecule has 2 N–H and O–H groups in total. The number of hydrogen-bond acceptors (Lipinski definition) is 2. The van der Waals surface area contributed by atoms with Gasteiger partial charge in [-0.25, -0.2) is 9.86 Å². The lowest BCUT2D eigenvalue weighted by Crippen LogP contribution is -2.39. The zero-order valence-corrected chi connectivity index (χ0v) is 9.68. The van der Waals surface area contributed by atoms with Gasteiger partial charge in [0.25, 0.3) is 0 Å². The zero-order valence-electron chi connectivity index (χ0n) is 9.68. The van der Waals surface area contributed by atoms with E-state index in [0.29, 0.717) is 5.69 Å². The molecule has 1 aromatic rings. The summed E-state index contributed by atoms with van der Waals surface area (Å²) in [4.78, 5) is 11.6. The van der Waals surface area contributed by atoms with Crippen LogP contribution in [-0.2, 0) is 0 Å². The van der Waals surface area contributed by atoms with E-state index in [9.17, 15) is 10.0 Å². The highest BCUT2D eigenvalue weighted by atomic mass is 16.5. The Kier molecular flexibility index (Phi) is 4.79. The smallest absolute Gasteiger partial charge is 0.306 e. The number of carbonyl (C=O) groups excluding carboxylic acids is 1. The summed E-state index contributed by atoms with van der Waals surface area (Å²) >= 11 is 0. The lowest BCUT2D eigenvalue weighted by atomic mass is 10.2. The second kappa shape index (κ2) is 6.12. The fourth-order valence-corrected chi connectivity index (χ4v) is 1.50. The highest BCUT2D eigenvalue weighted by Crippen LogP contribution is 2.10. The van der Waals surface area contributed by atoms with Crippen LogP contribution in [-0.4, -0.2) is 22.3 Å². The molecule has 0 unspecified atom stereocenters. The number of para-hydroxylation sites is 1. The van der Waals surface area contributed by atoms with Crippen molar-refractivity contribution in [2.75, 3.05) is 5.32 Å². The first kappa shape index (κ1) is 12.5. The third-order valence-electron chi connectivity index (χ3n) is 2.52. The molecule has 4 nitrogen and oxygen atoms in total. The van der Waals surface area contributed by atoms with E-state index < -0.39 is 6.03 Å². The van der Waals surface area contributed by atoms with Crippen LogP contribution in [0.1, 0.15) is 26.7 Å². The van der Waals surface area contributed by atoms with Crippen molar-refractivity contribution in [2.24, 2.45) is 0 Å². The molecule has 0 saturated carbocycles. The lowest BCUT2D eigenvalue weighted by molar-refractivity contribution is -0.0747. The van der Waals surface area contributed by atoms with E-state index in [-0.39, 0.29) is 6.04 Å². The number of anilines is 1. The summed E-state index contributed by atoms with van der Waals surface area (Å²) in [5.41, 5.74) is 0.678. The average Bonchev–Trinajstić information content (AvgIpc) is 2.31. The van der Waals surface area contributed by atoms with Crippen LogP contribution in [0.2, 0.25) is 0 Å². The normalized spacial score (nSPS) is 10.2. The molecule has 0 saturated heterocycles. The zero-order chi connectivity index (χ0) is 12.0. The Labute approximate surface area is 95.8 Å². The summed E-state index contributed by atoms with van der Waals surface area (Å²) < 4.78 is 0. The van der Waals surface area contributed by atoms with Gasteiger partial charge in [-0.2, -0.15) is 0 Å². The predicted octanol–water partition coefficient (Wildman–Crippen LogP) is 3.10. The minimum absolute atomic E-state index is 0.135. The number of benzene rings is 1. The van der Waals surface area contributed by atoms with E-state index in [1.807, 2.05) is 32.0 Å². The standard InChI is InChI=1S/C12H18N2O2/c1-3-11(4-2)14(16)12(15)13-10-8-6-5-7-9-10/h5-9,11,16H,3-4H2,1-2H3,(H,13,15). The molecule has 0 aromatic heterocycles. The molecule has 0 heterocycles. The molecular formula is C12H18N2O2. The number of urea groups is 1. The van der Waals surface area contributed by atoms with Crippen LogP contribution in [0.25, 0.3) is 0 Å². The van der Waals surface area contributed by atoms with E-state index in [2.05, 4.69) is 5.32 Å². The molecule has 1 rings (SSSR count). The average molecular weight is 222 g/mol. The Balaban J connectivity index is 2.58. The molecule has 16 heavy (non-hydrogen) atoms. The Bertz CT molecular complexity index is 323. The first-order chi connectivity index (χ1) is 7.69. The first-order valence-corrected chi connectivity index (χ1v) is 5.53. The van der Waals surface area contributed by atoms with Gasteiger partial charge in [0.05, 0.1) is 6.04 Å². The van der Waals surface area contributed by atoms with Gasteiger partial charge >= 0.3 is 6.03 Å². The quantitative estimate of drug-likeness (QED) is 0.607. The summed E-state index contributed by atoms with van der Waals surface area (Å²) in [5, 5.41) is 13.1. The van der Waals surface area contributed by atoms with Crippen LogP contribution in [0, 0.1) is 0 Å². The van der Waals surface area contributed by atoms with Crippen molar-refractivity contribution < 1.29 is 10.0 Å². The second-order valence-corrected chi connectivity index (χ2v) is 3.61. The molecule has 4 heteroatoms. The highest BCUT2D eigenvalue weighted by molar-refractivity contribution is 5.88. The van der Waals surface area contributed by atoms with Crippen molar-refractivity contribution in [1.82, 2.24) is 5.06 Å². The van der Waals surface area contributed by atoms with Crippen molar-refractivity contribution in [2.45, 2.75) is 32.7 Å². The number of nitrogens with zero attached hydrogens (tertiary/aromatic N) is 1. The van der Waals surface area contributed by atoms with Crippen molar-refractivity contribution in [3.63, 3.8) is 0 Å². The summed E-state index contributed by atoms with van der Waals surface area (Å²) in [7, 11) is 0. The summed E-state index contributed by atoms with van der Waals surface area (Å²) in [5.74, 6) is 0. The number of amides is 2. The molecule has 0 aliphatic heterocycles. The SMILES string of the molecule is CCC(CC)N(O)C(=O)Nc1ccccc1. The molecule has 88 valence electrons. The first-order valence-electron chi connectivity index (χ1n) is 5.53. The summed E-state index contributed by atoms with van der Waals surface area (Å²) in [6.07, 6.45) is 1.46. The Morgan fingerprint density at radius 2 is 1.88 bits per heavy atom. The van der Waals surface area contributed by atoms with Crippen molar-refractivity contribution in [1.29, 1.82) is 0 Å². The summed E-state index contributed by atoms with van der Waals surface area (Å²) in [6, 6.07) is 8.46. The van der Waals surface area contributed by atoms with Gasteiger partial charge in [0, 0.05) is 5.69 Å². The maximum Gasteiger partial charge on any atom is 0.345 e. The molecule has 1 aromatic carbocycles. The lowest BCUT2D eigenvalue weighted by Gasteiger charge is -2.23. The van der Waals surface area contributed by atoms with Crippen molar-refractivity contribution >= 4 is 11.7 Å². The Morgan fingerprint density at radius 3 is 2.38 bits per heavy atom. The van der Waals surface area contributed by atoms with Gasteiger partial charge < -0.3 is 5.32 Å². The topological polar surface area (TPSA) is 52.6 Å². The summed E-state index contributed by atoms with van der Waals surface area (Å²) in [6.45, 7) is 3.88. The van der Waals surface area contributed by atoms with Gasteiger partial charge in [-0.3, -0.25) is 5.21 Å². The van der Waals surface area contributed by atoms with Gasteiger partial charge in [0.15, 0.2) is 0 Å². The van der Waals surface area contributed by atoms with E-state index >= 15 is 0 Å². The van der Waals surface area contributed by atoms with Crippen LogP contribution in [0.3, 0.4) is 0 Å². The second-order valence-electron chi connectivity index (χ2n) is 3.61. The van der Waals surface area contributed by atoms with Gasteiger partial charge in [-0.1, -0.05) is 32.0 Å². The van der Waals surface area contributed by atoms with Crippen LogP contribution >= 0.6 is 0 Å². The fourth-order valence-electron chi connectivity index (χ4n) is 1.50. The molecule has 0 aliphatic carbocycles. The fraction of sp³-hybridized carbons (Fsp3) is 0.417. The molecule has 2 amide bonds. The van der Waals surface area contributed by atoms with Crippen molar-refractivity contribution in [3.05, 3.63) is 30.3 Å². The number of carbonyl (C=O) groups is 1. The molecule has 0 atom stereocenters. The maximum absolute atomic E-state index is 11.6. The van der Waals surface area contributed by atoms with Crippen LogP contribution in [0.5, 0.6) is 0 Å². The van der Waals surface area contributed by atoms with E-state index in [0.717, 1.165) is 17.9 Å². The van der Waals surface area contributed by atoms with Gasteiger partial charge in [-0.05, 0) is 25.0 Å². The molecule has 0 aliphatic rings. The number of hydrogen-bond donors (Lipinski definition) is 2. The molecule has 0 fully saturated rings. The molecule has 0 bridgehead atoms. The monoisotopic (exact) mass is 222 g/mol.